The van der Waals surface area contributed by atoms with Gasteiger partial charge in [0.1, 0.15) is 0 Å². The maximum Gasteiger partial charge on any atom is 0.222 e. The molecular formula is C19H31Cl2N5O. The number of hydrogen-bond acceptors (Lipinski definition) is 5. The fourth-order valence-corrected chi connectivity index (χ4v) is 4.88. The number of rotatable bonds is 4. The van der Waals surface area contributed by atoms with Gasteiger partial charge in [0.2, 0.25) is 5.91 Å². The quantitative estimate of drug-likeness (QED) is 0.818. The Morgan fingerprint density at radius 3 is 2.67 bits per heavy atom. The summed E-state index contributed by atoms with van der Waals surface area (Å²) in [6, 6.07) is 5.52. The molecule has 8 heteroatoms. The van der Waals surface area contributed by atoms with E-state index in [0.29, 0.717) is 30.3 Å². The van der Waals surface area contributed by atoms with E-state index < -0.39 is 0 Å². The van der Waals surface area contributed by atoms with Gasteiger partial charge in [-0.2, -0.15) is 5.10 Å². The summed E-state index contributed by atoms with van der Waals surface area (Å²) in [6.45, 7) is 1.85. The van der Waals surface area contributed by atoms with E-state index in [2.05, 4.69) is 20.4 Å². The van der Waals surface area contributed by atoms with Crippen LogP contribution in [0.1, 0.15) is 44.9 Å². The molecule has 3 atom stereocenters. The highest BCUT2D eigenvalue weighted by Gasteiger charge is 2.35. The molecule has 1 aromatic rings. The second kappa shape index (κ2) is 9.89. The molecular weight excluding hydrogens is 385 g/mol. The number of fused-ring (bicyclic) bond motifs is 2. The minimum atomic E-state index is 0. The Bertz CT molecular complexity index is 593. The van der Waals surface area contributed by atoms with E-state index in [1.54, 1.807) is 6.20 Å². The third-order valence-corrected chi connectivity index (χ3v) is 6.25. The van der Waals surface area contributed by atoms with Crippen molar-refractivity contribution in [3.05, 3.63) is 18.3 Å². The van der Waals surface area contributed by atoms with Crippen LogP contribution in [-0.2, 0) is 4.79 Å². The molecule has 3 aliphatic heterocycles. The number of likely N-dealkylation sites (N-methyl/N-ethyl adjacent to an activating group) is 1. The summed E-state index contributed by atoms with van der Waals surface area (Å²) < 4.78 is 0. The van der Waals surface area contributed by atoms with E-state index in [-0.39, 0.29) is 30.9 Å². The first kappa shape index (κ1) is 22.2. The highest BCUT2D eigenvalue weighted by Crippen LogP contribution is 2.33. The van der Waals surface area contributed by atoms with E-state index in [0.717, 1.165) is 31.7 Å². The molecule has 0 aliphatic carbocycles. The van der Waals surface area contributed by atoms with Crippen LogP contribution in [0.25, 0.3) is 0 Å². The van der Waals surface area contributed by atoms with Crippen molar-refractivity contribution in [1.82, 2.24) is 20.4 Å². The van der Waals surface area contributed by atoms with Crippen LogP contribution in [0.4, 0.5) is 5.82 Å². The number of amides is 1. The molecule has 152 valence electrons. The number of anilines is 1. The Balaban J connectivity index is 0.00000131. The fraction of sp³-hybridized carbons (Fsp3) is 0.737. The number of hydrogen-bond donors (Lipinski definition) is 1. The molecule has 3 aliphatic rings. The summed E-state index contributed by atoms with van der Waals surface area (Å²) >= 11 is 0. The zero-order valence-electron chi connectivity index (χ0n) is 15.9. The van der Waals surface area contributed by atoms with Gasteiger partial charge in [-0.3, -0.25) is 4.79 Å². The molecule has 1 N–H and O–H groups in total. The summed E-state index contributed by atoms with van der Waals surface area (Å²) in [5, 5.41) is 11.9. The van der Waals surface area contributed by atoms with Gasteiger partial charge in [-0.1, -0.05) is 0 Å². The van der Waals surface area contributed by atoms with Gasteiger partial charge in [0, 0.05) is 50.9 Å². The fourth-order valence-electron chi connectivity index (χ4n) is 4.88. The van der Waals surface area contributed by atoms with Crippen LogP contribution in [0.3, 0.4) is 0 Å². The van der Waals surface area contributed by atoms with Gasteiger partial charge in [-0.25, -0.2) is 0 Å². The Hall–Kier alpha value is -1.11. The minimum absolute atomic E-state index is 0. The molecule has 1 amide bonds. The highest BCUT2D eigenvalue weighted by molar-refractivity contribution is 5.85. The highest BCUT2D eigenvalue weighted by atomic mass is 35.5. The van der Waals surface area contributed by atoms with E-state index in [1.807, 2.05) is 24.1 Å². The van der Waals surface area contributed by atoms with Crippen molar-refractivity contribution in [2.24, 2.45) is 5.92 Å². The summed E-state index contributed by atoms with van der Waals surface area (Å²) in [5.41, 5.74) is 0. The molecule has 0 aromatic carbocycles. The Kier molecular flexibility index (Phi) is 8.13. The normalized spacial score (nSPS) is 29.4. The van der Waals surface area contributed by atoms with Crippen LogP contribution in [0.15, 0.2) is 18.3 Å². The molecule has 0 radical (unpaired) electrons. The van der Waals surface area contributed by atoms with Crippen molar-refractivity contribution in [2.45, 2.75) is 63.1 Å². The number of nitrogens with zero attached hydrogens (tertiary/aromatic N) is 4. The molecule has 0 saturated carbocycles. The van der Waals surface area contributed by atoms with Gasteiger partial charge in [-0.05, 0) is 56.6 Å². The van der Waals surface area contributed by atoms with Crippen molar-refractivity contribution in [1.29, 1.82) is 0 Å². The van der Waals surface area contributed by atoms with Gasteiger partial charge in [-0.15, -0.1) is 29.9 Å². The third-order valence-electron chi connectivity index (χ3n) is 6.25. The van der Waals surface area contributed by atoms with E-state index in [1.165, 1.54) is 25.7 Å². The minimum Gasteiger partial charge on any atom is -0.353 e. The van der Waals surface area contributed by atoms with E-state index in [9.17, 15) is 4.79 Å². The number of aromatic nitrogens is 2. The lowest BCUT2D eigenvalue weighted by molar-refractivity contribution is -0.133. The average molecular weight is 416 g/mol. The first-order valence-electron chi connectivity index (χ1n) is 9.73. The standard InChI is InChI=1S/C19H29N5O.2ClH/c1-23(19(25)12-14-10-15-6-7-16(11-14)21-15)17-4-3-9-24(13-17)18-5-2-8-20-22-18;;/h2,5,8,14-17,21H,3-4,6-7,9-13H2,1H3;2*1H. The van der Waals surface area contributed by atoms with Gasteiger partial charge in [0.25, 0.3) is 0 Å². The topological polar surface area (TPSA) is 61.4 Å². The van der Waals surface area contributed by atoms with Crippen LogP contribution < -0.4 is 10.2 Å². The van der Waals surface area contributed by atoms with Crippen LogP contribution in [0.2, 0.25) is 0 Å². The summed E-state index contributed by atoms with van der Waals surface area (Å²) in [6.07, 6.45) is 9.52. The number of halogens is 2. The first-order valence-corrected chi connectivity index (χ1v) is 9.73. The van der Waals surface area contributed by atoms with Crippen molar-refractivity contribution in [2.75, 3.05) is 25.0 Å². The van der Waals surface area contributed by atoms with E-state index >= 15 is 0 Å². The van der Waals surface area contributed by atoms with Gasteiger partial charge in [0.05, 0.1) is 0 Å². The molecule has 6 nitrogen and oxygen atoms in total. The van der Waals surface area contributed by atoms with Crippen LogP contribution in [0, 0.1) is 5.92 Å². The van der Waals surface area contributed by atoms with Crippen LogP contribution in [-0.4, -0.2) is 59.3 Å². The zero-order chi connectivity index (χ0) is 17.2. The van der Waals surface area contributed by atoms with Crippen molar-refractivity contribution in [3.63, 3.8) is 0 Å². The second-order valence-electron chi connectivity index (χ2n) is 8.01. The van der Waals surface area contributed by atoms with Crippen molar-refractivity contribution in [3.8, 4) is 0 Å². The molecule has 0 spiro atoms. The van der Waals surface area contributed by atoms with Gasteiger partial charge >= 0.3 is 0 Å². The third kappa shape index (κ3) is 5.24. The molecule has 3 saturated heterocycles. The number of piperidine rings is 2. The number of carbonyl (C=O) groups is 1. The smallest absolute Gasteiger partial charge is 0.222 e. The maximum atomic E-state index is 12.8. The lowest BCUT2D eigenvalue weighted by atomic mass is 9.89. The monoisotopic (exact) mass is 415 g/mol. The van der Waals surface area contributed by atoms with Crippen molar-refractivity contribution < 1.29 is 4.79 Å². The Morgan fingerprint density at radius 1 is 1.26 bits per heavy atom. The first-order chi connectivity index (χ1) is 12.2. The number of nitrogens with one attached hydrogen (secondary N) is 1. The maximum absolute atomic E-state index is 12.8. The average Bonchev–Trinajstić information content (AvgIpc) is 3.00. The Labute approximate surface area is 174 Å². The molecule has 1 aromatic heterocycles. The largest absolute Gasteiger partial charge is 0.353 e. The van der Waals surface area contributed by atoms with E-state index in [4.69, 9.17) is 0 Å². The summed E-state index contributed by atoms with van der Waals surface area (Å²) in [4.78, 5) is 17.1. The Morgan fingerprint density at radius 2 is 2.00 bits per heavy atom. The summed E-state index contributed by atoms with van der Waals surface area (Å²) in [7, 11) is 1.99. The van der Waals surface area contributed by atoms with Crippen LogP contribution in [0.5, 0.6) is 0 Å². The zero-order valence-corrected chi connectivity index (χ0v) is 17.6. The molecule has 4 heterocycles. The SMILES string of the molecule is CN(C(=O)CC1CC2CCC(C1)N2)C1CCCN(c2cccnn2)C1.Cl.Cl. The molecule has 3 fully saturated rings. The molecule has 4 rings (SSSR count). The molecule has 3 unspecified atom stereocenters. The lowest BCUT2D eigenvalue weighted by Gasteiger charge is -2.39. The summed E-state index contributed by atoms with van der Waals surface area (Å²) in [5.74, 6) is 1.80. The molecule has 2 bridgehead atoms. The molecule has 27 heavy (non-hydrogen) atoms. The van der Waals surface area contributed by atoms with Crippen LogP contribution >= 0.6 is 24.8 Å². The van der Waals surface area contributed by atoms with Gasteiger partial charge < -0.3 is 15.1 Å². The van der Waals surface area contributed by atoms with Gasteiger partial charge in [0.15, 0.2) is 5.82 Å². The lowest BCUT2D eigenvalue weighted by Crippen LogP contribution is -2.49. The number of carbonyl (C=O) groups excluding carboxylic acids is 1. The predicted octanol–water partition coefficient (Wildman–Crippen LogP) is 2.67. The second-order valence-corrected chi connectivity index (χ2v) is 8.01. The predicted molar refractivity (Wildman–Crippen MR) is 112 cm³/mol. The van der Waals surface area contributed by atoms with Crippen molar-refractivity contribution >= 4 is 36.5 Å².